The molecule has 0 spiro atoms. The van der Waals surface area contributed by atoms with Gasteiger partial charge >= 0.3 is 6.18 Å². The molecule has 0 aliphatic carbocycles. The number of nitrogens with zero attached hydrogens (tertiary/aromatic N) is 2. The van der Waals surface area contributed by atoms with E-state index in [0.29, 0.717) is 22.0 Å². The van der Waals surface area contributed by atoms with Crippen LogP contribution in [0.1, 0.15) is 39.8 Å². The van der Waals surface area contributed by atoms with Crippen molar-refractivity contribution in [1.82, 2.24) is 4.98 Å². The highest BCUT2D eigenvalue weighted by Gasteiger charge is 2.33. The summed E-state index contributed by atoms with van der Waals surface area (Å²) in [5.74, 6) is -0.569. The van der Waals surface area contributed by atoms with Gasteiger partial charge in [0, 0.05) is 22.0 Å². The van der Waals surface area contributed by atoms with Crippen molar-refractivity contribution in [1.29, 1.82) is 0 Å². The molecule has 1 amide bonds. The second-order valence-corrected chi connectivity index (χ2v) is 7.37. The molecule has 0 unspecified atom stereocenters. The van der Waals surface area contributed by atoms with E-state index in [-0.39, 0.29) is 11.3 Å². The number of amides is 1. The standard InChI is InChI=1S/C23H19ClF3N3O/c1-13-6-4-5-7-20(13)28-15(3)18-12-16(8-10-19(18)24)30-22(31)17-9-11-21(23(25,26)27)29-14(17)2/h4-12H,1-3H3,(H,30,31). The Labute approximate surface area is 182 Å². The minimum atomic E-state index is -4.57. The van der Waals surface area contributed by atoms with Crippen LogP contribution >= 0.6 is 11.6 Å². The topological polar surface area (TPSA) is 54.4 Å². The summed E-state index contributed by atoms with van der Waals surface area (Å²) < 4.78 is 38.4. The second-order valence-electron chi connectivity index (χ2n) is 6.96. The van der Waals surface area contributed by atoms with Gasteiger partial charge in [-0.25, -0.2) is 4.98 Å². The lowest BCUT2D eigenvalue weighted by atomic mass is 10.1. The maximum absolute atomic E-state index is 12.8. The zero-order valence-electron chi connectivity index (χ0n) is 17.0. The quantitative estimate of drug-likeness (QED) is 0.451. The summed E-state index contributed by atoms with van der Waals surface area (Å²) in [6, 6.07) is 14.5. The fraction of sp³-hybridized carbons (Fsp3) is 0.174. The van der Waals surface area contributed by atoms with Crippen molar-refractivity contribution in [2.45, 2.75) is 26.9 Å². The van der Waals surface area contributed by atoms with Crippen molar-refractivity contribution in [3.63, 3.8) is 0 Å². The maximum atomic E-state index is 12.8. The average molecular weight is 446 g/mol. The Morgan fingerprint density at radius 1 is 1.03 bits per heavy atom. The molecular weight excluding hydrogens is 427 g/mol. The summed E-state index contributed by atoms with van der Waals surface area (Å²) in [6.07, 6.45) is -4.57. The molecule has 1 N–H and O–H groups in total. The molecule has 3 aromatic rings. The van der Waals surface area contributed by atoms with Gasteiger partial charge in [-0.15, -0.1) is 0 Å². The van der Waals surface area contributed by atoms with E-state index in [4.69, 9.17) is 11.6 Å². The van der Waals surface area contributed by atoms with Crippen molar-refractivity contribution in [2.24, 2.45) is 4.99 Å². The molecular formula is C23H19ClF3N3O. The van der Waals surface area contributed by atoms with Crippen molar-refractivity contribution in [3.05, 3.63) is 87.7 Å². The average Bonchev–Trinajstić information content (AvgIpc) is 2.70. The minimum Gasteiger partial charge on any atom is -0.322 e. The number of hydrogen-bond acceptors (Lipinski definition) is 3. The van der Waals surface area contributed by atoms with Crippen LogP contribution in [0.15, 0.2) is 59.6 Å². The Hall–Kier alpha value is -3.19. The van der Waals surface area contributed by atoms with E-state index in [0.717, 1.165) is 23.4 Å². The van der Waals surface area contributed by atoms with Crippen molar-refractivity contribution in [3.8, 4) is 0 Å². The van der Waals surface area contributed by atoms with Gasteiger partial charge in [-0.05, 0) is 62.7 Å². The number of aromatic nitrogens is 1. The summed E-state index contributed by atoms with van der Waals surface area (Å²) in [5, 5.41) is 3.14. The van der Waals surface area contributed by atoms with Gasteiger partial charge in [0.15, 0.2) is 0 Å². The molecule has 0 radical (unpaired) electrons. The number of anilines is 1. The van der Waals surface area contributed by atoms with Gasteiger partial charge < -0.3 is 5.32 Å². The molecule has 2 aromatic carbocycles. The highest BCUT2D eigenvalue weighted by atomic mass is 35.5. The summed E-state index contributed by atoms with van der Waals surface area (Å²) >= 11 is 6.33. The van der Waals surface area contributed by atoms with Crippen LogP contribution in [0, 0.1) is 13.8 Å². The second kappa shape index (κ2) is 8.89. The Morgan fingerprint density at radius 2 is 1.74 bits per heavy atom. The Bertz CT molecular complexity index is 1170. The van der Waals surface area contributed by atoms with Crippen molar-refractivity contribution in [2.75, 3.05) is 5.32 Å². The largest absolute Gasteiger partial charge is 0.433 e. The van der Waals surface area contributed by atoms with Gasteiger partial charge in [-0.2, -0.15) is 13.2 Å². The number of para-hydroxylation sites is 1. The van der Waals surface area contributed by atoms with Gasteiger partial charge in [0.25, 0.3) is 5.91 Å². The molecule has 0 fully saturated rings. The summed E-state index contributed by atoms with van der Waals surface area (Å²) in [4.78, 5) is 20.7. The number of alkyl halides is 3. The molecule has 31 heavy (non-hydrogen) atoms. The van der Waals surface area contributed by atoms with Crippen LogP contribution < -0.4 is 5.32 Å². The van der Waals surface area contributed by atoms with Crippen LogP contribution in [-0.4, -0.2) is 16.6 Å². The lowest BCUT2D eigenvalue weighted by Gasteiger charge is -2.12. The normalized spacial score (nSPS) is 12.0. The molecule has 0 aliphatic heterocycles. The number of nitrogens with one attached hydrogen (secondary N) is 1. The molecule has 0 saturated carbocycles. The Balaban J connectivity index is 1.87. The van der Waals surface area contributed by atoms with Crippen molar-refractivity contribution < 1.29 is 18.0 Å². The van der Waals surface area contributed by atoms with Crippen molar-refractivity contribution >= 4 is 34.6 Å². The number of benzene rings is 2. The molecule has 0 bridgehead atoms. The third kappa shape index (κ3) is 5.30. The number of pyridine rings is 1. The van der Waals surface area contributed by atoms with Crippen LogP contribution in [0.2, 0.25) is 5.02 Å². The number of hydrogen-bond donors (Lipinski definition) is 1. The van der Waals surface area contributed by atoms with E-state index in [1.807, 2.05) is 38.1 Å². The smallest absolute Gasteiger partial charge is 0.322 e. The number of rotatable bonds is 4. The van der Waals surface area contributed by atoms with Gasteiger partial charge in [0.05, 0.1) is 16.9 Å². The fourth-order valence-corrected chi connectivity index (χ4v) is 3.22. The Morgan fingerprint density at radius 3 is 2.39 bits per heavy atom. The van der Waals surface area contributed by atoms with Crippen LogP contribution in [0.4, 0.5) is 24.5 Å². The monoisotopic (exact) mass is 445 g/mol. The zero-order chi connectivity index (χ0) is 22.8. The van der Waals surface area contributed by atoms with Gasteiger partial charge in [0.2, 0.25) is 0 Å². The van der Waals surface area contributed by atoms with E-state index in [9.17, 15) is 18.0 Å². The summed E-state index contributed by atoms with van der Waals surface area (Å²) in [5.41, 5.74) is 2.52. The molecule has 1 heterocycles. The molecule has 0 saturated heterocycles. The van der Waals surface area contributed by atoms with E-state index in [2.05, 4.69) is 15.3 Å². The predicted molar refractivity (Wildman–Crippen MR) is 116 cm³/mol. The molecule has 160 valence electrons. The summed E-state index contributed by atoms with van der Waals surface area (Å²) in [6.45, 7) is 5.12. The van der Waals surface area contributed by atoms with Gasteiger partial charge in [0.1, 0.15) is 5.69 Å². The Kier molecular flexibility index (Phi) is 6.45. The third-order valence-electron chi connectivity index (χ3n) is 4.64. The minimum absolute atomic E-state index is 0.0150. The SMILES string of the molecule is CC(=Nc1ccccc1C)c1cc(NC(=O)c2ccc(C(F)(F)F)nc2C)ccc1Cl. The first-order valence-corrected chi connectivity index (χ1v) is 9.71. The number of aliphatic imine (C=N–C) groups is 1. The van der Waals surface area contributed by atoms with E-state index in [1.165, 1.54) is 6.92 Å². The first kappa shape index (κ1) is 22.5. The van der Waals surface area contributed by atoms with Crippen LogP contribution in [-0.2, 0) is 6.18 Å². The first-order valence-electron chi connectivity index (χ1n) is 9.33. The maximum Gasteiger partial charge on any atom is 0.433 e. The molecule has 8 heteroatoms. The lowest BCUT2D eigenvalue weighted by Crippen LogP contribution is -2.17. The molecule has 0 aliphatic rings. The highest BCUT2D eigenvalue weighted by molar-refractivity contribution is 6.34. The summed E-state index contributed by atoms with van der Waals surface area (Å²) in [7, 11) is 0. The van der Waals surface area contributed by atoms with Crippen LogP contribution in [0.3, 0.4) is 0 Å². The molecule has 1 aromatic heterocycles. The fourth-order valence-electron chi connectivity index (χ4n) is 2.97. The number of carbonyl (C=O) groups is 1. The van der Waals surface area contributed by atoms with Gasteiger partial charge in [-0.3, -0.25) is 9.79 Å². The molecule has 3 rings (SSSR count). The number of carbonyl (C=O) groups excluding carboxylic acids is 1. The van der Waals surface area contributed by atoms with Crippen LogP contribution in [0.25, 0.3) is 0 Å². The predicted octanol–water partition coefficient (Wildman–Crippen LogP) is 6.76. The van der Waals surface area contributed by atoms with Crippen LogP contribution in [0.5, 0.6) is 0 Å². The third-order valence-corrected chi connectivity index (χ3v) is 4.97. The van der Waals surface area contributed by atoms with Gasteiger partial charge in [-0.1, -0.05) is 29.8 Å². The lowest BCUT2D eigenvalue weighted by molar-refractivity contribution is -0.141. The zero-order valence-corrected chi connectivity index (χ0v) is 17.8. The molecule has 4 nitrogen and oxygen atoms in total. The highest BCUT2D eigenvalue weighted by Crippen LogP contribution is 2.29. The van der Waals surface area contributed by atoms with E-state index in [1.54, 1.807) is 18.2 Å². The van der Waals surface area contributed by atoms with E-state index >= 15 is 0 Å². The first-order chi connectivity index (χ1) is 14.6. The number of halogens is 4. The van der Waals surface area contributed by atoms with E-state index < -0.39 is 17.8 Å². The number of aryl methyl sites for hydroxylation is 2. The molecule has 0 atom stereocenters.